The van der Waals surface area contributed by atoms with Gasteiger partial charge in [-0.15, -0.1) is 0 Å². The Bertz CT molecular complexity index is 260. The Morgan fingerprint density at radius 1 is 1.62 bits per heavy atom. The van der Waals surface area contributed by atoms with E-state index in [4.69, 9.17) is 9.63 Å². The van der Waals surface area contributed by atoms with E-state index in [1.54, 1.807) is 6.26 Å². The maximum Gasteiger partial charge on any atom is 0.127 e. The van der Waals surface area contributed by atoms with Crippen LogP contribution in [0.15, 0.2) is 10.8 Å². The van der Waals surface area contributed by atoms with E-state index in [-0.39, 0.29) is 11.4 Å². The highest BCUT2D eigenvalue weighted by Crippen LogP contribution is 2.31. The van der Waals surface area contributed by atoms with Gasteiger partial charge in [0.15, 0.2) is 0 Å². The molecule has 0 aromatic carbocycles. The van der Waals surface area contributed by atoms with Gasteiger partial charge in [-0.2, -0.15) is 0 Å². The molecule has 0 saturated heterocycles. The second kappa shape index (κ2) is 4.77. The lowest BCUT2D eigenvalue weighted by Gasteiger charge is -2.11. The van der Waals surface area contributed by atoms with Gasteiger partial charge in [0.05, 0.1) is 4.83 Å². The first kappa shape index (κ1) is 10.7. The molecule has 1 rings (SSSR count). The summed E-state index contributed by atoms with van der Waals surface area (Å²) in [6.45, 7) is 4.35. The fourth-order valence-electron chi connectivity index (χ4n) is 1.12. The molecule has 0 aliphatic carbocycles. The second-order valence-corrected chi connectivity index (χ2v) is 4.33. The maximum absolute atomic E-state index is 8.80. The fraction of sp³-hybridized carbons (Fsp3) is 0.667. The zero-order valence-electron chi connectivity index (χ0n) is 7.83. The Balaban J connectivity index is 2.80. The van der Waals surface area contributed by atoms with Crippen LogP contribution in [0, 0.1) is 5.92 Å². The number of aliphatic hydroxyl groups excluding tert-OH is 1. The summed E-state index contributed by atoms with van der Waals surface area (Å²) >= 11 is 3.55. The Kier molecular flexibility index (Phi) is 3.93. The minimum atomic E-state index is 0.131. The molecule has 0 aliphatic rings. The average Bonchev–Trinajstić information content (AvgIpc) is 2.52. The Morgan fingerprint density at radius 2 is 2.31 bits per heavy atom. The molecule has 1 heterocycles. The molecule has 1 aromatic heterocycles. The molecule has 0 amide bonds. The highest BCUT2D eigenvalue weighted by Gasteiger charge is 2.19. The SMILES string of the molecule is CC(C)C(Br)c1nocc1CCO. The topological polar surface area (TPSA) is 46.3 Å². The number of nitrogens with zero attached hydrogens (tertiary/aromatic N) is 1. The minimum Gasteiger partial charge on any atom is -0.396 e. The highest BCUT2D eigenvalue weighted by molar-refractivity contribution is 9.09. The largest absolute Gasteiger partial charge is 0.396 e. The maximum atomic E-state index is 8.80. The lowest BCUT2D eigenvalue weighted by Crippen LogP contribution is -2.03. The Hall–Kier alpha value is -0.350. The van der Waals surface area contributed by atoms with Crippen molar-refractivity contribution in [2.24, 2.45) is 5.92 Å². The minimum absolute atomic E-state index is 0.131. The first-order valence-corrected chi connectivity index (χ1v) is 5.26. The van der Waals surface area contributed by atoms with Crippen LogP contribution in [-0.4, -0.2) is 16.9 Å². The van der Waals surface area contributed by atoms with Gasteiger partial charge in [-0.25, -0.2) is 0 Å². The highest BCUT2D eigenvalue weighted by atomic mass is 79.9. The van der Waals surface area contributed by atoms with Crippen LogP contribution in [-0.2, 0) is 6.42 Å². The van der Waals surface area contributed by atoms with Crippen molar-refractivity contribution in [3.05, 3.63) is 17.5 Å². The van der Waals surface area contributed by atoms with Gasteiger partial charge < -0.3 is 9.63 Å². The monoisotopic (exact) mass is 247 g/mol. The molecule has 0 radical (unpaired) electrons. The van der Waals surface area contributed by atoms with Crippen LogP contribution in [0.1, 0.15) is 29.9 Å². The molecule has 74 valence electrons. The Labute approximate surface area is 86.2 Å². The summed E-state index contributed by atoms with van der Waals surface area (Å²) in [5, 5.41) is 12.7. The smallest absolute Gasteiger partial charge is 0.127 e. The molecule has 1 unspecified atom stereocenters. The predicted octanol–water partition coefficient (Wildman–Crippen LogP) is 2.30. The van der Waals surface area contributed by atoms with E-state index < -0.39 is 0 Å². The zero-order chi connectivity index (χ0) is 9.84. The third-order valence-corrected chi connectivity index (χ3v) is 3.39. The lowest BCUT2D eigenvalue weighted by atomic mass is 10.0. The van der Waals surface area contributed by atoms with Gasteiger partial charge >= 0.3 is 0 Å². The van der Waals surface area contributed by atoms with Crippen molar-refractivity contribution < 1.29 is 9.63 Å². The standard InChI is InChI=1S/C9H14BrNO2/c1-6(2)8(10)9-7(3-4-12)5-13-11-9/h5-6,8,12H,3-4H2,1-2H3. The summed E-state index contributed by atoms with van der Waals surface area (Å²) in [5.41, 5.74) is 1.89. The van der Waals surface area contributed by atoms with Crippen molar-refractivity contribution in [1.29, 1.82) is 0 Å². The molecule has 13 heavy (non-hydrogen) atoms. The van der Waals surface area contributed by atoms with Gasteiger partial charge in [-0.3, -0.25) is 0 Å². The first-order valence-electron chi connectivity index (χ1n) is 4.35. The number of aliphatic hydroxyl groups is 1. The molecular formula is C9H14BrNO2. The van der Waals surface area contributed by atoms with Gasteiger partial charge in [0.2, 0.25) is 0 Å². The van der Waals surface area contributed by atoms with Crippen LogP contribution < -0.4 is 0 Å². The van der Waals surface area contributed by atoms with Crippen LogP contribution in [0.2, 0.25) is 0 Å². The van der Waals surface area contributed by atoms with E-state index in [0.29, 0.717) is 12.3 Å². The molecule has 3 nitrogen and oxygen atoms in total. The number of rotatable bonds is 4. The van der Waals surface area contributed by atoms with E-state index in [1.807, 2.05) is 0 Å². The summed E-state index contributed by atoms with van der Waals surface area (Å²) in [6.07, 6.45) is 2.20. The van der Waals surface area contributed by atoms with Crippen LogP contribution in [0.5, 0.6) is 0 Å². The molecule has 0 bridgehead atoms. The van der Waals surface area contributed by atoms with Gasteiger partial charge in [0, 0.05) is 18.6 Å². The molecular weight excluding hydrogens is 234 g/mol. The molecule has 1 atom stereocenters. The van der Waals surface area contributed by atoms with E-state index in [9.17, 15) is 0 Å². The van der Waals surface area contributed by atoms with Gasteiger partial charge in [-0.1, -0.05) is 34.9 Å². The van der Waals surface area contributed by atoms with Gasteiger partial charge in [0.25, 0.3) is 0 Å². The quantitative estimate of drug-likeness (QED) is 0.831. The van der Waals surface area contributed by atoms with Crippen molar-refractivity contribution >= 4 is 15.9 Å². The van der Waals surface area contributed by atoms with E-state index >= 15 is 0 Å². The van der Waals surface area contributed by atoms with Crippen molar-refractivity contribution in [3.63, 3.8) is 0 Å². The van der Waals surface area contributed by atoms with Crippen molar-refractivity contribution in [2.45, 2.75) is 25.1 Å². The molecule has 0 aliphatic heterocycles. The van der Waals surface area contributed by atoms with Gasteiger partial charge in [-0.05, 0) is 5.92 Å². The number of halogens is 1. The lowest BCUT2D eigenvalue weighted by molar-refractivity contribution is 0.299. The number of alkyl halides is 1. The third kappa shape index (κ3) is 2.54. The number of aromatic nitrogens is 1. The van der Waals surface area contributed by atoms with E-state index in [0.717, 1.165) is 11.3 Å². The van der Waals surface area contributed by atoms with Gasteiger partial charge in [0.1, 0.15) is 12.0 Å². The predicted molar refractivity (Wildman–Crippen MR) is 53.8 cm³/mol. The summed E-state index contributed by atoms with van der Waals surface area (Å²) < 4.78 is 4.88. The molecule has 0 spiro atoms. The third-order valence-electron chi connectivity index (χ3n) is 1.90. The molecule has 1 aromatic rings. The van der Waals surface area contributed by atoms with E-state index in [2.05, 4.69) is 34.9 Å². The summed E-state index contributed by atoms with van der Waals surface area (Å²) in [5.74, 6) is 0.461. The number of hydrogen-bond acceptors (Lipinski definition) is 3. The van der Waals surface area contributed by atoms with Crippen molar-refractivity contribution in [2.75, 3.05) is 6.61 Å². The molecule has 0 saturated carbocycles. The summed E-state index contributed by atoms with van der Waals surface area (Å²) in [7, 11) is 0. The molecule has 1 N–H and O–H groups in total. The second-order valence-electron chi connectivity index (χ2n) is 3.34. The van der Waals surface area contributed by atoms with E-state index in [1.165, 1.54) is 0 Å². The van der Waals surface area contributed by atoms with Crippen LogP contribution in [0.4, 0.5) is 0 Å². The fourth-order valence-corrected chi connectivity index (χ4v) is 1.49. The average molecular weight is 248 g/mol. The van der Waals surface area contributed by atoms with Crippen LogP contribution >= 0.6 is 15.9 Å². The number of hydrogen-bond donors (Lipinski definition) is 1. The molecule has 4 heteroatoms. The van der Waals surface area contributed by atoms with Crippen LogP contribution in [0.25, 0.3) is 0 Å². The van der Waals surface area contributed by atoms with Crippen molar-refractivity contribution in [1.82, 2.24) is 5.16 Å². The Morgan fingerprint density at radius 3 is 2.85 bits per heavy atom. The summed E-state index contributed by atoms with van der Waals surface area (Å²) in [6, 6.07) is 0. The zero-order valence-corrected chi connectivity index (χ0v) is 9.41. The van der Waals surface area contributed by atoms with Crippen molar-refractivity contribution in [3.8, 4) is 0 Å². The normalized spacial score (nSPS) is 13.6. The van der Waals surface area contributed by atoms with Crippen LogP contribution in [0.3, 0.4) is 0 Å². The first-order chi connectivity index (χ1) is 6.16. The molecule has 0 fully saturated rings. The summed E-state index contributed by atoms with van der Waals surface area (Å²) in [4.78, 5) is 0.202.